The van der Waals surface area contributed by atoms with Gasteiger partial charge in [0.15, 0.2) is 11.9 Å². The molecule has 0 saturated heterocycles. The lowest BCUT2D eigenvalue weighted by atomic mass is 10.3. The topological polar surface area (TPSA) is 116 Å². The molecule has 0 saturated carbocycles. The Bertz CT molecular complexity index is 808. The second-order valence-corrected chi connectivity index (χ2v) is 6.78. The Morgan fingerprint density at radius 1 is 1.17 bits per heavy atom. The molecule has 0 aliphatic rings. The molecule has 0 aliphatic heterocycles. The number of Topliss-reactive ketones (excluding diaryl/α,β-unsaturated/α-hetero) is 1. The quantitative estimate of drug-likeness (QED) is 0.601. The van der Waals surface area contributed by atoms with E-state index in [0.29, 0.717) is 9.88 Å². The van der Waals surface area contributed by atoms with Crippen LogP contribution in [-0.4, -0.2) is 29.7 Å². The SMILES string of the molecule is CC(=O)c1ccc(C(=O)O[C@@H](C)C(=O)Nc2sccc2C(N)=O)s1. The highest BCUT2D eigenvalue weighted by Gasteiger charge is 2.22. The molecule has 2 aromatic heterocycles. The molecule has 0 fully saturated rings. The smallest absolute Gasteiger partial charge is 0.349 e. The van der Waals surface area contributed by atoms with E-state index in [1.54, 1.807) is 5.38 Å². The first-order chi connectivity index (χ1) is 11.3. The van der Waals surface area contributed by atoms with Gasteiger partial charge in [0.25, 0.3) is 11.8 Å². The summed E-state index contributed by atoms with van der Waals surface area (Å²) in [6, 6.07) is 4.49. The number of carbonyl (C=O) groups excluding carboxylic acids is 4. The summed E-state index contributed by atoms with van der Waals surface area (Å²) in [5.41, 5.74) is 5.39. The largest absolute Gasteiger partial charge is 0.448 e. The van der Waals surface area contributed by atoms with Gasteiger partial charge >= 0.3 is 5.97 Å². The molecular formula is C15H14N2O5S2. The predicted octanol–water partition coefficient (Wildman–Crippen LogP) is 2.30. The lowest BCUT2D eigenvalue weighted by molar-refractivity contribution is -0.123. The van der Waals surface area contributed by atoms with E-state index in [2.05, 4.69) is 5.32 Å². The van der Waals surface area contributed by atoms with Crippen LogP contribution in [0.4, 0.5) is 5.00 Å². The summed E-state index contributed by atoms with van der Waals surface area (Å²) in [4.78, 5) is 47.2. The molecule has 2 aromatic rings. The van der Waals surface area contributed by atoms with Crippen molar-refractivity contribution < 1.29 is 23.9 Å². The molecule has 126 valence electrons. The van der Waals surface area contributed by atoms with Gasteiger partial charge < -0.3 is 15.8 Å². The summed E-state index contributed by atoms with van der Waals surface area (Å²) in [7, 11) is 0. The van der Waals surface area contributed by atoms with Crippen molar-refractivity contribution in [1.29, 1.82) is 0 Å². The minimum absolute atomic E-state index is 0.151. The van der Waals surface area contributed by atoms with E-state index in [1.165, 1.54) is 32.0 Å². The van der Waals surface area contributed by atoms with Crippen LogP contribution in [0, 0.1) is 0 Å². The summed E-state index contributed by atoms with van der Waals surface area (Å²) in [5, 5.41) is 4.41. The molecule has 9 heteroatoms. The Morgan fingerprint density at radius 2 is 1.83 bits per heavy atom. The van der Waals surface area contributed by atoms with Crippen molar-refractivity contribution in [1.82, 2.24) is 0 Å². The summed E-state index contributed by atoms with van der Waals surface area (Å²) < 4.78 is 5.08. The highest BCUT2D eigenvalue weighted by molar-refractivity contribution is 7.16. The number of hydrogen-bond acceptors (Lipinski definition) is 7. The van der Waals surface area contributed by atoms with Crippen molar-refractivity contribution in [2.75, 3.05) is 5.32 Å². The second kappa shape index (κ2) is 7.37. The third kappa shape index (κ3) is 4.06. The lowest BCUT2D eigenvalue weighted by Crippen LogP contribution is -2.30. The first-order valence-electron chi connectivity index (χ1n) is 6.79. The molecular weight excluding hydrogens is 352 g/mol. The van der Waals surface area contributed by atoms with E-state index in [0.717, 1.165) is 22.7 Å². The van der Waals surface area contributed by atoms with Gasteiger partial charge in [-0.1, -0.05) is 0 Å². The van der Waals surface area contributed by atoms with Gasteiger partial charge in [0.2, 0.25) is 0 Å². The van der Waals surface area contributed by atoms with Crippen molar-refractivity contribution in [2.45, 2.75) is 20.0 Å². The number of carbonyl (C=O) groups is 4. The number of hydrogen-bond donors (Lipinski definition) is 2. The zero-order valence-corrected chi connectivity index (χ0v) is 14.5. The van der Waals surface area contributed by atoms with Crippen LogP contribution in [0.1, 0.15) is 43.5 Å². The number of ketones is 1. The van der Waals surface area contributed by atoms with Gasteiger partial charge in [0.1, 0.15) is 9.88 Å². The maximum absolute atomic E-state index is 12.1. The first-order valence-corrected chi connectivity index (χ1v) is 8.49. The van der Waals surface area contributed by atoms with E-state index in [1.807, 2.05) is 0 Å². The maximum Gasteiger partial charge on any atom is 0.349 e. The summed E-state index contributed by atoms with van der Waals surface area (Å²) >= 11 is 2.14. The third-order valence-corrected chi connectivity index (χ3v) is 4.97. The molecule has 24 heavy (non-hydrogen) atoms. The minimum Gasteiger partial charge on any atom is -0.448 e. The Hall–Kier alpha value is -2.52. The molecule has 0 bridgehead atoms. The van der Waals surface area contributed by atoms with Crippen LogP contribution in [0.3, 0.4) is 0 Å². The van der Waals surface area contributed by atoms with Gasteiger partial charge in [-0.05, 0) is 37.4 Å². The standard InChI is InChI=1S/C15H14N2O5S2/c1-7(18)10-3-4-11(24-10)15(21)22-8(2)13(20)17-14-9(12(16)19)5-6-23-14/h3-6,8H,1-2H3,(H2,16,19)(H,17,20)/t8-/m0/s1. The first kappa shape index (κ1) is 17.8. The van der Waals surface area contributed by atoms with E-state index >= 15 is 0 Å². The number of rotatable bonds is 6. The highest BCUT2D eigenvalue weighted by atomic mass is 32.1. The van der Waals surface area contributed by atoms with E-state index in [4.69, 9.17) is 10.5 Å². The summed E-state index contributed by atoms with van der Waals surface area (Å²) in [5.74, 6) is -2.10. The van der Waals surface area contributed by atoms with Crippen LogP contribution in [0.2, 0.25) is 0 Å². The number of esters is 1. The fourth-order valence-corrected chi connectivity index (χ4v) is 3.30. The van der Waals surface area contributed by atoms with Crippen LogP contribution < -0.4 is 11.1 Å². The molecule has 2 amide bonds. The molecule has 7 nitrogen and oxygen atoms in total. The minimum atomic E-state index is -1.08. The molecule has 0 radical (unpaired) electrons. The van der Waals surface area contributed by atoms with Gasteiger partial charge in [-0.15, -0.1) is 22.7 Å². The van der Waals surface area contributed by atoms with Crippen LogP contribution in [-0.2, 0) is 9.53 Å². The summed E-state index contributed by atoms with van der Waals surface area (Å²) in [6.45, 7) is 2.80. The van der Waals surface area contributed by atoms with Crippen LogP contribution in [0.5, 0.6) is 0 Å². The average Bonchev–Trinajstić information content (AvgIpc) is 3.15. The molecule has 3 N–H and O–H groups in total. The fraction of sp³-hybridized carbons (Fsp3) is 0.200. The molecule has 2 heterocycles. The lowest BCUT2D eigenvalue weighted by Gasteiger charge is -2.12. The van der Waals surface area contributed by atoms with Gasteiger partial charge in [-0.2, -0.15) is 0 Å². The number of nitrogens with one attached hydrogen (secondary N) is 1. The molecule has 0 unspecified atom stereocenters. The van der Waals surface area contributed by atoms with Crippen molar-refractivity contribution in [3.8, 4) is 0 Å². The number of thiophene rings is 2. The Labute approximate surface area is 145 Å². The van der Waals surface area contributed by atoms with E-state index < -0.39 is 23.9 Å². The molecule has 0 spiro atoms. The fourth-order valence-electron chi connectivity index (χ4n) is 1.72. The predicted molar refractivity (Wildman–Crippen MR) is 90.7 cm³/mol. The molecule has 0 aromatic carbocycles. The number of nitrogens with two attached hydrogens (primary N) is 1. The maximum atomic E-state index is 12.1. The van der Waals surface area contributed by atoms with Crippen molar-refractivity contribution >= 4 is 51.2 Å². The van der Waals surface area contributed by atoms with E-state index in [-0.39, 0.29) is 16.2 Å². The van der Waals surface area contributed by atoms with Crippen molar-refractivity contribution in [2.24, 2.45) is 5.73 Å². The molecule has 2 rings (SSSR count). The monoisotopic (exact) mass is 366 g/mol. The Balaban J connectivity index is 2.00. The van der Waals surface area contributed by atoms with Crippen LogP contribution in [0.15, 0.2) is 23.6 Å². The number of anilines is 1. The van der Waals surface area contributed by atoms with Gasteiger partial charge in [-0.25, -0.2) is 4.79 Å². The second-order valence-electron chi connectivity index (χ2n) is 4.78. The van der Waals surface area contributed by atoms with Crippen LogP contribution >= 0.6 is 22.7 Å². The van der Waals surface area contributed by atoms with Gasteiger partial charge in [-0.3, -0.25) is 14.4 Å². The molecule has 1 atom stereocenters. The third-order valence-electron chi connectivity index (χ3n) is 2.97. The average molecular weight is 366 g/mol. The van der Waals surface area contributed by atoms with Crippen molar-refractivity contribution in [3.05, 3.63) is 38.9 Å². The Morgan fingerprint density at radius 3 is 2.42 bits per heavy atom. The van der Waals surface area contributed by atoms with Crippen molar-refractivity contribution in [3.63, 3.8) is 0 Å². The number of amides is 2. The highest BCUT2D eigenvalue weighted by Crippen LogP contribution is 2.23. The Kier molecular flexibility index (Phi) is 5.47. The summed E-state index contributed by atoms with van der Waals surface area (Å²) in [6.07, 6.45) is -1.08. The van der Waals surface area contributed by atoms with Crippen LogP contribution in [0.25, 0.3) is 0 Å². The number of ether oxygens (including phenoxy) is 1. The normalized spacial score (nSPS) is 11.6. The van der Waals surface area contributed by atoms with Gasteiger partial charge in [0.05, 0.1) is 10.4 Å². The molecule has 0 aliphatic carbocycles. The van der Waals surface area contributed by atoms with E-state index in [9.17, 15) is 19.2 Å². The number of primary amides is 1. The van der Waals surface area contributed by atoms with Gasteiger partial charge in [0, 0.05) is 0 Å². The zero-order chi connectivity index (χ0) is 17.9. The zero-order valence-electron chi connectivity index (χ0n) is 12.8.